The van der Waals surface area contributed by atoms with Crippen LogP contribution >= 0.6 is 0 Å². The van der Waals surface area contributed by atoms with Gasteiger partial charge in [0.2, 0.25) is 0 Å². The zero-order valence-corrected chi connectivity index (χ0v) is 9.07. The van der Waals surface area contributed by atoms with Gasteiger partial charge < -0.3 is 10.1 Å². The lowest BCUT2D eigenvalue weighted by molar-refractivity contribution is 0.161. The molecule has 0 bridgehead atoms. The lowest BCUT2D eigenvalue weighted by atomic mass is 9.82. The van der Waals surface area contributed by atoms with Crippen LogP contribution in [0.15, 0.2) is 0 Å². The van der Waals surface area contributed by atoms with Crippen molar-refractivity contribution < 1.29 is 4.74 Å². The first kappa shape index (κ1) is 11.0. The molecule has 78 valence electrons. The van der Waals surface area contributed by atoms with Crippen molar-refractivity contribution in [2.24, 2.45) is 0 Å². The first-order chi connectivity index (χ1) is 6.33. The molecule has 2 nitrogen and oxygen atoms in total. The van der Waals surface area contributed by atoms with E-state index in [1.165, 1.54) is 45.1 Å². The molecular weight excluding hydrogens is 162 g/mol. The molecule has 1 rings (SSSR count). The van der Waals surface area contributed by atoms with Crippen LogP contribution in [0.4, 0.5) is 0 Å². The van der Waals surface area contributed by atoms with Crippen LogP contribution in [0.5, 0.6) is 0 Å². The Labute approximate surface area is 82.0 Å². The minimum absolute atomic E-state index is 0.441. The third-order valence-corrected chi connectivity index (χ3v) is 3.26. The Hall–Kier alpha value is -0.0800. The molecule has 1 saturated heterocycles. The fourth-order valence-electron chi connectivity index (χ4n) is 2.28. The summed E-state index contributed by atoms with van der Waals surface area (Å²) in [5.74, 6) is 0. The Morgan fingerprint density at radius 1 is 1.38 bits per heavy atom. The molecule has 0 aliphatic carbocycles. The predicted octanol–water partition coefficient (Wildman–Crippen LogP) is 2.34. The zero-order valence-electron chi connectivity index (χ0n) is 9.07. The lowest BCUT2D eigenvalue weighted by Gasteiger charge is -2.38. The van der Waals surface area contributed by atoms with Crippen molar-refractivity contribution >= 4 is 0 Å². The fraction of sp³-hybridized carbons (Fsp3) is 1.00. The molecule has 0 spiro atoms. The molecule has 1 aliphatic rings. The van der Waals surface area contributed by atoms with E-state index in [4.69, 9.17) is 4.74 Å². The van der Waals surface area contributed by atoms with Crippen LogP contribution in [0.2, 0.25) is 0 Å². The lowest BCUT2D eigenvalue weighted by Crippen LogP contribution is -2.48. The van der Waals surface area contributed by atoms with Crippen molar-refractivity contribution in [3.05, 3.63) is 0 Å². The summed E-state index contributed by atoms with van der Waals surface area (Å²) in [7, 11) is 1.78. The number of methoxy groups -OCH3 is 1. The highest BCUT2D eigenvalue weighted by Gasteiger charge is 2.28. The Bertz CT molecular complexity index is 130. The summed E-state index contributed by atoms with van der Waals surface area (Å²) in [6, 6.07) is 0. The van der Waals surface area contributed by atoms with Crippen LogP contribution in [0.25, 0.3) is 0 Å². The molecular formula is C11H23NO. The van der Waals surface area contributed by atoms with Crippen molar-refractivity contribution in [2.75, 3.05) is 20.3 Å². The van der Waals surface area contributed by atoms with Gasteiger partial charge in [-0.25, -0.2) is 0 Å². The van der Waals surface area contributed by atoms with Gasteiger partial charge in [-0.15, -0.1) is 0 Å². The summed E-state index contributed by atoms with van der Waals surface area (Å²) < 4.78 is 5.09. The molecule has 0 radical (unpaired) electrons. The van der Waals surface area contributed by atoms with Gasteiger partial charge in [-0.2, -0.15) is 0 Å². The van der Waals surface area contributed by atoms with Crippen LogP contribution in [0, 0.1) is 0 Å². The standard InChI is InChI=1S/C11H23NO/c1-3-11(8-6-10-13-2)7-4-5-9-12-11/h12H,3-10H2,1-2H3. The van der Waals surface area contributed by atoms with Gasteiger partial charge >= 0.3 is 0 Å². The maximum Gasteiger partial charge on any atom is 0.0462 e. The minimum atomic E-state index is 0.441. The molecule has 13 heavy (non-hydrogen) atoms. The smallest absolute Gasteiger partial charge is 0.0462 e. The Kier molecular flexibility index (Phi) is 4.74. The number of hydrogen-bond donors (Lipinski definition) is 1. The van der Waals surface area contributed by atoms with Crippen LogP contribution in [0.1, 0.15) is 45.4 Å². The summed E-state index contributed by atoms with van der Waals surface area (Å²) in [6.07, 6.45) is 7.83. The fourth-order valence-corrected chi connectivity index (χ4v) is 2.28. The molecule has 0 amide bonds. The number of ether oxygens (including phenoxy) is 1. The van der Waals surface area contributed by atoms with Gasteiger partial charge in [0, 0.05) is 19.3 Å². The molecule has 1 aliphatic heterocycles. The van der Waals surface area contributed by atoms with Crippen molar-refractivity contribution in [2.45, 2.75) is 51.0 Å². The summed E-state index contributed by atoms with van der Waals surface area (Å²) in [5, 5.41) is 3.69. The third kappa shape index (κ3) is 3.28. The monoisotopic (exact) mass is 185 g/mol. The van der Waals surface area contributed by atoms with E-state index in [0.717, 1.165) is 6.61 Å². The van der Waals surface area contributed by atoms with Crippen LogP contribution in [-0.2, 0) is 4.74 Å². The second-order valence-electron chi connectivity index (χ2n) is 4.11. The molecule has 0 aromatic heterocycles. The van der Waals surface area contributed by atoms with Crippen LogP contribution in [-0.4, -0.2) is 25.8 Å². The third-order valence-electron chi connectivity index (χ3n) is 3.26. The first-order valence-corrected chi connectivity index (χ1v) is 5.57. The number of rotatable bonds is 5. The van der Waals surface area contributed by atoms with Gasteiger partial charge in [0.05, 0.1) is 0 Å². The molecule has 2 heteroatoms. The number of nitrogens with one attached hydrogen (secondary N) is 1. The Morgan fingerprint density at radius 2 is 2.23 bits per heavy atom. The highest BCUT2D eigenvalue weighted by Crippen LogP contribution is 2.27. The topological polar surface area (TPSA) is 21.3 Å². The van der Waals surface area contributed by atoms with Gasteiger partial charge in [0.15, 0.2) is 0 Å². The largest absolute Gasteiger partial charge is 0.385 e. The second-order valence-corrected chi connectivity index (χ2v) is 4.11. The zero-order chi connectivity index (χ0) is 9.57. The Morgan fingerprint density at radius 3 is 2.77 bits per heavy atom. The predicted molar refractivity (Wildman–Crippen MR) is 56.0 cm³/mol. The number of hydrogen-bond acceptors (Lipinski definition) is 2. The van der Waals surface area contributed by atoms with Crippen molar-refractivity contribution in [3.63, 3.8) is 0 Å². The van der Waals surface area contributed by atoms with E-state index in [1.807, 2.05) is 0 Å². The molecule has 1 atom stereocenters. The van der Waals surface area contributed by atoms with Gasteiger partial charge in [-0.1, -0.05) is 13.3 Å². The molecule has 1 fully saturated rings. The van der Waals surface area contributed by atoms with E-state index in [-0.39, 0.29) is 0 Å². The van der Waals surface area contributed by atoms with E-state index < -0.39 is 0 Å². The molecule has 1 N–H and O–H groups in total. The Balaban J connectivity index is 2.29. The molecule has 0 aromatic rings. The van der Waals surface area contributed by atoms with E-state index in [9.17, 15) is 0 Å². The van der Waals surface area contributed by atoms with Crippen molar-refractivity contribution in [1.29, 1.82) is 0 Å². The van der Waals surface area contributed by atoms with Gasteiger partial charge in [0.1, 0.15) is 0 Å². The van der Waals surface area contributed by atoms with E-state index in [2.05, 4.69) is 12.2 Å². The minimum Gasteiger partial charge on any atom is -0.385 e. The maximum absolute atomic E-state index is 5.09. The average Bonchev–Trinajstić information content (AvgIpc) is 2.20. The summed E-state index contributed by atoms with van der Waals surface area (Å²) in [6.45, 7) is 4.41. The molecule has 1 unspecified atom stereocenters. The van der Waals surface area contributed by atoms with Gasteiger partial charge in [0.25, 0.3) is 0 Å². The quantitative estimate of drug-likeness (QED) is 0.664. The van der Waals surface area contributed by atoms with E-state index in [0.29, 0.717) is 5.54 Å². The maximum atomic E-state index is 5.09. The molecule has 0 saturated carbocycles. The number of piperidine rings is 1. The summed E-state index contributed by atoms with van der Waals surface area (Å²) in [4.78, 5) is 0. The highest BCUT2D eigenvalue weighted by molar-refractivity contribution is 4.89. The molecule has 1 heterocycles. The summed E-state index contributed by atoms with van der Waals surface area (Å²) in [5.41, 5.74) is 0.441. The van der Waals surface area contributed by atoms with E-state index in [1.54, 1.807) is 7.11 Å². The first-order valence-electron chi connectivity index (χ1n) is 5.57. The average molecular weight is 185 g/mol. The van der Waals surface area contributed by atoms with Gasteiger partial charge in [-0.05, 0) is 38.6 Å². The second kappa shape index (κ2) is 5.61. The van der Waals surface area contributed by atoms with Crippen molar-refractivity contribution in [1.82, 2.24) is 5.32 Å². The van der Waals surface area contributed by atoms with Crippen molar-refractivity contribution in [3.8, 4) is 0 Å². The normalized spacial score (nSPS) is 29.1. The SMILES string of the molecule is CCC1(CCCOC)CCCCN1. The molecule has 0 aromatic carbocycles. The van der Waals surface area contributed by atoms with E-state index >= 15 is 0 Å². The van der Waals surface area contributed by atoms with Crippen LogP contribution < -0.4 is 5.32 Å². The summed E-state index contributed by atoms with van der Waals surface area (Å²) >= 11 is 0. The van der Waals surface area contributed by atoms with Gasteiger partial charge in [-0.3, -0.25) is 0 Å². The highest BCUT2D eigenvalue weighted by atomic mass is 16.5. The van der Waals surface area contributed by atoms with Crippen LogP contribution in [0.3, 0.4) is 0 Å².